The summed E-state index contributed by atoms with van der Waals surface area (Å²) in [6.45, 7) is 1.33. The average molecular weight is 516 g/mol. The highest BCUT2D eigenvalue weighted by molar-refractivity contribution is 7.90. The number of nitrogens with zero attached hydrogens (tertiary/aromatic N) is 3. The minimum Gasteiger partial charge on any atom is -0.497 e. The van der Waals surface area contributed by atoms with Crippen LogP contribution in [-0.4, -0.2) is 56.1 Å². The van der Waals surface area contributed by atoms with Crippen molar-refractivity contribution in [2.45, 2.75) is 36.8 Å². The summed E-state index contributed by atoms with van der Waals surface area (Å²) >= 11 is 0. The molecule has 4 rings (SSSR count). The first-order chi connectivity index (χ1) is 17.3. The van der Waals surface area contributed by atoms with Gasteiger partial charge in [0, 0.05) is 25.8 Å². The molecule has 192 valence electrons. The number of hydrogen-bond acceptors (Lipinski definition) is 6. The minimum atomic E-state index is -3.84. The number of amides is 1. The minimum absolute atomic E-state index is 0.0952. The van der Waals surface area contributed by atoms with Crippen LogP contribution in [0.15, 0.2) is 59.9 Å². The van der Waals surface area contributed by atoms with E-state index in [-0.39, 0.29) is 36.5 Å². The number of methoxy groups -OCH3 is 2. The average Bonchev–Trinajstić information content (AvgIpc) is 3.60. The Bertz CT molecular complexity index is 1290. The van der Waals surface area contributed by atoms with Crippen LogP contribution in [-0.2, 0) is 33.4 Å². The molecule has 2 aromatic carbocycles. The highest BCUT2D eigenvalue weighted by Crippen LogP contribution is 2.31. The van der Waals surface area contributed by atoms with Gasteiger partial charge in [0.2, 0.25) is 15.0 Å². The molecule has 0 radical (unpaired) electrons. The lowest BCUT2D eigenvalue weighted by molar-refractivity contribution is 0.0729. The van der Waals surface area contributed by atoms with Crippen LogP contribution in [0, 0.1) is 11.7 Å². The largest absolute Gasteiger partial charge is 0.497 e. The first-order valence-corrected chi connectivity index (χ1v) is 13.4. The fraction of sp³-hybridized carbons (Fsp3) is 0.385. The molecular weight excluding hydrogens is 485 g/mol. The van der Waals surface area contributed by atoms with Gasteiger partial charge in [-0.1, -0.05) is 12.1 Å². The molecule has 0 unspecified atom stereocenters. The number of rotatable bonds is 12. The van der Waals surface area contributed by atoms with Crippen molar-refractivity contribution in [3.63, 3.8) is 0 Å². The zero-order chi connectivity index (χ0) is 25.7. The number of ether oxygens (including phenoxy) is 2. The number of hydrogen-bond donors (Lipinski definition) is 0. The van der Waals surface area contributed by atoms with Crippen LogP contribution >= 0.6 is 0 Å². The molecule has 0 aliphatic heterocycles. The highest BCUT2D eigenvalue weighted by Gasteiger charge is 2.30. The number of carbonyl (C=O) groups excluding carboxylic acids is 1. The predicted molar refractivity (Wildman–Crippen MR) is 132 cm³/mol. The van der Waals surface area contributed by atoms with E-state index in [0.717, 1.165) is 12.8 Å². The van der Waals surface area contributed by atoms with Crippen LogP contribution in [0.2, 0.25) is 0 Å². The van der Waals surface area contributed by atoms with E-state index in [1.807, 2.05) is 0 Å². The van der Waals surface area contributed by atoms with Crippen LogP contribution in [0.3, 0.4) is 0 Å². The van der Waals surface area contributed by atoms with E-state index < -0.39 is 15.7 Å². The first kappa shape index (κ1) is 25.8. The molecule has 0 bridgehead atoms. The standard InChI is InChI=1S/C26H30FN3O5S/c1-34-14-13-30-23(15-28-26(30)36(32,33)18-20-5-9-22(27)10-6-20)17-29(16-19-3-4-19)25(31)21-7-11-24(35-2)12-8-21/h5-12,15,19H,3-4,13-14,16-18H2,1-2H3. The summed E-state index contributed by atoms with van der Waals surface area (Å²) in [5.74, 6) is 0.211. The van der Waals surface area contributed by atoms with Gasteiger partial charge in [-0.15, -0.1) is 0 Å². The van der Waals surface area contributed by atoms with Crippen LogP contribution in [0.25, 0.3) is 0 Å². The summed E-state index contributed by atoms with van der Waals surface area (Å²) in [7, 11) is -0.730. The van der Waals surface area contributed by atoms with Gasteiger partial charge in [-0.3, -0.25) is 4.79 Å². The molecular formula is C26H30FN3O5S. The second kappa shape index (κ2) is 11.2. The summed E-state index contributed by atoms with van der Waals surface area (Å²) in [5.41, 5.74) is 1.60. The number of imidazole rings is 1. The fourth-order valence-corrected chi connectivity index (χ4v) is 5.51. The molecule has 1 fully saturated rings. The molecule has 36 heavy (non-hydrogen) atoms. The summed E-state index contributed by atoms with van der Waals surface area (Å²) in [5, 5.41) is -0.0952. The number of sulfone groups is 1. The van der Waals surface area contributed by atoms with Crippen molar-refractivity contribution in [3.05, 3.63) is 77.4 Å². The summed E-state index contributed by atoms with van der Waals surface area (Å²) in [4.78, 5) is 19.4. The maximum absolute atomic E-state index is 13.4. The van der Waals surface area contributed by atoms with E-state index in [1.54, 1.807) is 40.8 Å². The van der Waals surface area contributed by atoms with Gasteiger partial charge in [-0.05, 0) is 60.7 Å². The molecule has 0 atom stereocenters. The third-order valence-corrected chi connectivity index (χ3v) is 7.72. The molecule has 1 aliphatic carbocycles. The number of carbonyl (C=O) groups is 1. The number of benzene rings is 2. The SMILES string of the molecule is COCCn1c(CN(CC2CC2)C(=O)c2ccc(OC)cc2)cnc1S(=O)(=O)Cc1ccc(F)cc1. The molecule has 1 amide bonds. The van der Waals surface area contributed by atoms with E-state index >= 15 is 0 Å². The van der Waals surface area contributed by atoms with Gasteiger partial charge in [-0.25, -0.2) is 17.8 Å². The van der Waals surface area contributed by atoms with Crippen molar-refractivity contribution in [2.24, 2.45) is 5.92 Å². The zero-order valence-electron chi connectivity index (χ0n) is 20.4. The van der Waals surface area contributed by atoms with Crippen LogP contribution in [0.1, 0.15) is 34.5 Å². The zero-order valence-corrected chi connectivity index (χ0v) is 21.2. The molecule has 8 nitrogen and oxygen atoms in total. The Morgan fingerprint density at radius 1 is 1.11 bits per heavy atom. The van der Waals surface area contributed by atoms with Crippen molar-refractivity contribution in [1.82, 2.24) is 14.5 Å². The monoisotopic (exact) mass is 515 g/mol. The second-order valence-corrected chi connectivity index (χ2v) is 10.8. The predicted octanol–water partition coefficient (Wildman–Crippen LogP) is 3.70. The molecule has 0 N–H and O–H groups in total. The molecule has 0 saturated heterocycles. The maximum Gasteiger partial charge on any atom is 0.254 e. The lowest BCUT2D eigenvalue weighted by atomic mass is 10.1. The van der Waals surface area contributed by atoms with Crippen molar-refractivity contribution in [1.29, 1.82) is 0 Å². The van der Waals surface area contributed by atoms with Gasteiger partial charge >= 0.3 is 0 Å². The Kier molecular flexibility index (Phi) is 8.05. The van der Waals surface area contributed by atoms with Crippen LogP contribution < -0.4 is 4.74 Å². The van der Waals surface area contributed by atoms with Gasteiger partial charge in [0.05, 0.1) is 37.9 Å². The second-order valence-electron chi connectivity index (χ2n) is 8.92. The van der Waals surface area contributed by atoms with Gasteiger partial charge in [0.15, 0.2) is 0 Å². The Morgan fingerprint density at radius 3 is 2.42 bits per heavy atom. The van der Waals surface area contributed by atoms with E-state index in [2.05, 4.69) is 4.98 Å². The molecule has 0 spiro atoms. The summed E-state index contributed by atoms with van der Waals surface area (Å²) < 4.78 is 51.8. The van der Waals surface area contributed by atoms with Gasteiger partial charge in [0.1, 0.15) is 11.6 Å². The third-order valence-electron chi connectivity index (χ3n) is 6.12. The Balaban J connectivity index is 1.62. The van der Waals surface area contributed by atoms with Gasteiger partial charge in [0.25, 0.3) is 5.91 Å². The Hall–Kier alpha value is -3.24. The third kappa shape index (κ3) is 6.30. The highest BCUT2D eigenvalue weighted by atomic mass is 32.2. The molecule has 3 aromatic rings. The van der Waals surface area contributed by atoms with E-state index in [4.69, 9.17) is 9.47 Å². The van der Waals surface area contributed by atoms with Crippen molar-refractivity contribution in [3.8, 4) is 5.75 Å². The Morgan fingerprint density at radius 2 is 1.81 bits per heavy atom. The van der Waals surface area contributed by atoms with Crippen molar-refractivity contribution < 1.29 is 27.1 Å². The van der Waals surface area contributed by atoms with Crippen LogP contribution in [0.4, 0.5) is 4.39 Å². The van der Waals surface area contributed by atoms with Crippen molar-refractivity contribution >= 4 is 15.7 Å². The molecule has 1 saturated carbocycles. The maximum atomic E-state index is 13.4. The topological polar surface area (TPSA) is 90.7 Å². The van der Waals surface area contributed by atoms with Crippen molar-refractivity contribution in [2.75, 3.05) is 27.4 Å². The van der Waals surface area contributed by atoms with Crippen LogP contribution in [0.5, 0.6) is 5.75 Å². The molecule has 1 aromatic heterocycles. The smallest absolute Gasteiger partial charge is 0.254 e. The quantitative estimate of drug-likeness (QED) is 0.365. The summed E-state index contributed by atoms with van der Waals surface area (Å²) in [6.07, 6.45) is 3.63. The lowest BCUT2D eigenvalue weighted by Crippen LogP contribution is -2.33. The fourth-order valence-electron chi connectivity index (χ4n) is 4.00. The number of halogens is 1. The van der Waals surface area contributed by atoms with E-state index in [1.165, 1.54) is 37.6 Å². The van der Waals surface area contributed by atoms with Gasteiger partial charge < -0.3 is 18.9 Å². The molecule has 10 heteroatoms. The Labute approximate surface area is 210 Å². The molecule has 1 aliphatic rings. The summed E-state index contributed by atoms with van der Waals surface area (Å²) in [6, 6.07) is 12.3. The normalized spacial score (nSPS) is 13.5. The first-order valence-electron chi connectivity index (χ1n) is 11.7. The van der Waals surface area contributed by atoms with E-state index in [9.17, 15) is 17.6 Å². The molecule has 1 heterocycles. The van der Waals surface area contributed by atoms with Gasteiger partial charge in [-0.2, -0.15) is 0 Å². The number of aromatic nitrogens is 2. The van der Waals surface area contributed by atoms with E-state index in [0.29, 0.717) is 35.0 Å². The lowest BCUT2D eigenvalue weighted by Gasteiger charge is -2.24.